The standard InChI is InChI=1S/C21H21N3O4/c22-20(26)18-11-14-10-17(14)24(18)19(25)12-23-21(27)13-6-8-16(9-7-13)28-15-4-2-1-3-5-15/h1-9,14,17-18H,10-12H2,(H2,22,26)(H,23,27). The van der Waals surface area contributed by atoms with Crippen LogP contribution in [0.3, 0.4) is 0 Å². The van der Waals surface area contributed by atoms with Crippen LogP contribution < -0.4 is 15.8 Å². The summed E-state index contributed by atoms with van der Waals surface area (Å²) in [7, 11) is 0. The summed E-state index contributed by atoms with van der Waals surface area (Å²) in [4.78, 5) is 37.9. The van der Waals surface area contributed by atoms with Crippen LogP contribution in [0.2, 0.25) is 0 Å². The fourth-order valence-electron chi connectivity index (χ4n) is 3.72. The fourth-order valence-corrected chi connectivity index (χ4v) is 3.72. The smallest absolute Gasteiger partial charge is 0.251 e. The number of primary amides is 1. The quantitative estimate of drug-likeness (QED) is 0.797. The minimum atomic E-state index is -0.553. The van der Waals surface area contributed by atoms with Gasteiger partial charge in [0.1, 0.15) is 17.5 Å². The number of nitrogens with one attached hydrogen (secondary N) is 1. The SMILES string of the molecule is NC(=O)C1CC2CC2N1C(=O)CNC(=O)c1ccc(Oc2ccccc2)cc1. The first-order valence-corrected chi connectivity index (χ1v) is 9.24. The molecule has 2 aromatic rings. The lowest BCUT2D eigenvalue weighted by atomic mass is 10.1. The van der Waals surface area contributed by atoms with Gasteiger partial charge in [-0.2, -0.15) is 0 Å². The van der Waals surface area contributed by atoms with E-state index in [0.717, 1.165) is 6.42 Å². The Morgan fingerprint density at radius 2 is 1.68 bits per heavy atom. The van der Waals surface area contributed by atoms with Crippen molar-refractivity contribution in [1.82, 2.24) is 10.2 Å². The van der Waals surface area contributed by atoms with Crippen LogP contribution in [0.5, 0.6) is 11.5 Å². The lowest BCUT2D eigenvalue weighted by Crippen LogP contribution is -2.49. The van der Waals surface area contributed by atoms with Gasteiger partial charge < -0.3 is 20.7 Å². The third-order valence-corrected chi connectivity index (χ3v) is 5.22. The summed E-state index contributed by atoms with van der Waals surface area (Å²) in [5.41, 5.74) is 5.81. The van der Waals surface area contributed by atoms with Gasteiger partial charge in [-0.1, -0.05) is 18.2 Å². The molecule has 3 N–H and O–H groups in total. The van der Waals surface area contributed by atoms with Crippen LogP contribution in [0.4, 0.5) is 0 Å². The summed E-state index contributed by atoms with van der Waals surface area (Å²) < 4.78 is 5.69. The van der Waals surface area contributed by atoms with Gasteiger partial charge in [-0.25, -0.2) is 0 Å². The molecule has 7 heteroatoms. The van der Waals surface area contributed by atoms with E-state index in [2.05, 4.69) is 5.32 Å². The molecule has 0 radical (unpaired) electrons. The van der Waals surface area contributed by atoms with Crippen molar-refractivity contribution in [1.29, 1.82) is 0 Å². The van der Waals surface area contributed by atoms with Gasteiger partial charge in [-0.3, -0.25) is 14.4 Å². The van der Waals surface area contributed by atoms with Crippen molar-refractivity contribution >= 4 is 17.7 Å². The van der Waals surface area contributed by atoms with E-state index < -0.39 is 11.9 Å². The molecular weight excluding hydrogens is 358 g/mol. The van der Waals surface area contributed by atoms with E-state index in [1.807, 2.05) is 30.3 Å². The average Bonchev–Trinajstić information content (AvgIpc) is 3.36. The van der Waals surface area contributed by atoms with Gasteiger partial charge in [0.05, 0.1) is 6.54 Å². The van der Waals surface area contributed by atoms with Crippen molar-refractivity contribution in [3.05, 3.63) is 60.2 Å². The number of hydrogen-bond acceptors (Lipinski definition) is 4. The second kappa shape index (κ2) is 7.34. The molecular formula is C21H21N3O4. The number of hydrogen-bond donors (Lipinski definition) is 2. The molecule has 2 aliphatic rings. The molecule has 1 saturated heterocycles. The molecule has 1 saturated carbocycles. The van der Waals surface area contributed by atoms with Crippen molar-refractivity contribution in [3.8, 4) is 11.5 Å². The molecule has 4 rings (SSSR count). The van der Waals surface area contributed by atoms with Gasteiger partial charge in [-0.15, -0.1) is 0 Å². The van der Waals surface area contributed by atoms with Gasteiger partial charge in [0.2, 0.25) is 11.8 Å². The Balaban J connectivity index is 1.32. The third-order valence-electron chi connectivity index (χ3n) is 5.22. The van der Waals surface area contributed by atoms with Crippen LogP contribution in [-0.2, 0) is 9.59 Å². The summed E-state index contributed by atoms with van der Waals surface area (Å²) in [6, 6.07) is 15.5. The number of nitrogens with two attached hydrogens (primary N) is 1. The molecule has 0 bridgehead atoms. The number of benzene rings is 2. The van der Waals surface area contributed by atoms with Crippen LogP contribution in [0.15, 0.2) is 54.6 Å². The first kappa shape index (κ1) is 18.0. The highest BCUT2D eigenvalue weighted by Crippen LogP contribution is 2.47. The van der Waals surface area contributed by atoms with Crippen molar-refractivity contribution < 1.29 is 19.1 Å². The van der Waals surface area contributed by atoms with Crippen molar-refractivity contribution in [3.63, 3.8) is 0 Å². The molecule has 7 nitrogen and oxygen atoms in total. The Kier molecular flexibility index (Phi) is 4.73. The summed E-state index contributed by atoms with van der Waals surface area (Å²) in [6.45, 7) is -0.159. The number of piperidine rings is 1. The molecule has 3 atom stereocenters. The minimum Gasteiger partial charge on any atom is -0.457 e. The van der Waals surface area contributed by atoms with Crippen molar-refractivity contribution in [2.24, 2.45) is 11.7 Å². The number of rotatable bonds is 6. The maximum atomic E-state index is 12.5. The Bertz CT molecular complexity index is 898. The Hall–Kier alpha value is -3.35. The molecule has 0 spiro atoms. The van der Waals surface area contributed by atoms with Crippen LogP contribution in [0.1, 0.15) is 23.2 Å². The zero-order valence-corrected chi connectivity index (χ0v) is 15.2. The maximum Gasteiger partial charge on any atom is 0.251 e. The molecule has 3 unspecified atom stereocenters. The van der Waals surface area contributed by atoms with E-state index in [1.54, 1.807) is 29.2 Å². The molecule has 1 aliphatic carbocycles. The predicted octanol–water partition coefficient (Wildman–Crippen LogP) is 1.68. The summed E-state index contributed by atoms with van der Waals surface area (Å²) in [5.74, 6) is 0.571. The normalized spacial score (nSPS) is 22.3. The molecule has 2 fully saturated rings. The van der Waals surface area contributed by atoms with Gasteiger partial charge in [0.15, 0.2) is 0 Å². The largest absolute Gasteiger partial charge is 0.457 e. The van der Waals surface area contributed by atoms with Gasteiger partial charge in [0.25, 0.3) is 5.91 Å². The van der Waals surface area contributed by atoms with Crippen molar-refractivity contribution in [2.75, 3.05) is 6.54 Å². The first-order valence-electron chi connectivity index (χ1n) is 9.24. The maximum absolute atomic E-state index is 12.5. The minimum absolute atomic E-state index is 0.0938. The number of ether oxygens (including phenoxy) is 1. The van der Waals surface area contributed by atoms with Gasteiger partial charge in [-0.05, 0) is 55.2 Å². The highest BCUT2D eigenvalue weighted by molar-refractivity contribution is 5.97. The molecule has 144 valence electrons. The number of para-hydroxylation sites is 1. The van der Waals surface area contributed by atoms with E-state index in [4.69, 9.17) is 10.5 Å². The molecule has 0 aromatic heterocycles. The number of likely N-dealkylation sites (tertiary alicyclic amines) is 1. The average molecular weight is 379 g/mol. The molecule has 28 heavy (non-hydrogen) atoms. The lowest BCUT2D eigenvalue weighted by molar-refractivity contribution is -0.137. The summed E-state index contributed by atoms with van der Waals surface area (Å²) >= 11 is 0. The van der Waals surface area contributed by atoms with E-state index in [9.17, 15) is 14.4 Å². The fraction of sp³-hybridized carbons (Fsp3) is 0.286. The topological polar surface area (TPSA) is 102 Å². The van der Waals surface area contributed by atoms with E-state index in [1.165, 1.54) is 0 Å². The second-order valence-electron chi connectivity index (χ2n) is 7.14. The number of amides is 3. The van der Waals surface area contributed by atoms with Crippen LogP contribution in [0, 0.1) is 5.92 Å². The molecule has 3 amide bonds. The van der Waals surface area contributed by atoms with Crippen LogP contribution >= 0.6 is 0 Å². The monoisotopic (exact) mass is 379 g/mol. The van der Waals surface area contributed by atoms with E-state index in [0.29, 0.717) is 29.4 Å². The number of fused-ring (bicyclic) bond motifs is 1. The highest BCUT2D eigenvalue weighted by atomic mass is 16.5. The van der Waals surface area contributed by atoms with Gasteiger partial charge in [0, 0.05) is 11.6 Å². The zero-order valence-electron chi connectivity index (χ0n) is 15.2. The Morgan fingerprint density at radius 3 is 2.36 bits per heavy atom. The lowest BCUT2D eigenvalue weighted by Gasteiger charge is -2.25. The van der Waals surface area contributed by atoms with Crippen LogP contribution in [-0.4, -0.2) is 41.2 Å². The zero-order chi connectivity index (χ0) is 19.7. The summed E-state index contributed by atoms with van der Waals surface area (Å²) in [5, 5.41) is 2.62. The molecule has 1 aliphatic heterocycles. The van der Waals surface area contributed by atoms with Crippen molar-refractivity contribution in [2.45, 2.75) is 24.9 Å². The van der Waals surface area contributed by atoms with E-state index >= 15 is 0 Å². The first-order chi connectivity index (χ1) is 13.5. The van der Waals surface area contributed by atoms with Crippen LogP contribution in [0.25, 0.3) is 0 Å². The summed E-state index contributed by atoms with van der Waals surface area (Å²) in [6.07, 6.45) is 1.54. The third kappa shape index (κ3) is 3.69. The Morgan fingerprint density at radius 1 is 1.00 bits per heavy atom. The van der Waals surface area contributed by atoms with Gasteiger partial charge >= 0.3 is 0 Å². The number of carbonyl (C=O) groups excluding carboxylic acids is 3. The highest BCUT2D eigenvalue weighted by Gasteiger charge is 2.55. The Labute approximate surface area is 162 Å². The second-order valence-corrected chi connectivity index (χ2v) is 7.14. The molecule has 2 aromatic carbocycles. The number of carbonyl (C=O) groups is 3. The van der Waals surface area contributed by atoms with E-state index in [-0.39, 0.29) is 24.4 Å². The predicted molar refractivity (Wildman–Crippen MR) is 102 cm³/mol. The number of nitrogens with zero attached hydrogens (tertiary/aromatic N) is 1. The molecule has 1 heterocycles.